The number of nitrogens with zero attached hydrogens (tertiary/aromatic N) is 2. The number of hydrogen-bond acceptors (Lipinski definition) is 4. The summed E-state index contributed by atoms with van der Waals surface area (Å²) in [4.78, 5) is 0. The van der Waals surface area contributed by atoms with Gasteiger partial charge in [0.2, 0.25) is 0 Å². The van der Waals surface area contributed by atoms with Gasteiger partial charge in [-0.1, -0.05) is 189 Å². The van der Waals surface area contributed by atoms with E-state index in [1.165, 1.54) is 31.7 Å². The van der Waals surface area contributed by atoms with Gasteiger partial charge in [0.05, 0.1) is 46.7 Å². The van der Waals surface area contributed by atoms with Gasteiger partial charge in [-0.2, -0.15) is 0 Å². The first-order valence-corrected chi connectivity index (χ1v) is 31.3. The number of phenols is 2. The van der Waals surface area contributed by atoms with Crippen LogP contribution in [0.1, 0.15) is 76.3 Å². The van der Waals surface area contributed by atoms with E-state index in [1.807, 2.05) is 48.5 Å². The molecule has 8 aromatic carbocycles. The molecule has 0 amide bonds. The zero-order chi connectivity index (χ0) is 52.9. The number of aryl methyl sites for hydroxylation is 2. The predicted molar refractivity (Wildman–Crippen MR) is 329 cm³/mol. The molecule has 6 nitrogen and oxygen atoms in total. The van der Waals surface area contributed by atoms with Crippen LogP contribution in [0.25, 0.3) is 77.2 Å². The van der Waals surface area contributed by atoms with Crippen LogP contribution in [-0.4, -0.2) is 40.6 Å². The minimum atomic E-state index is -1.04. The molecule has 2 N–H and O–H groups in total. The SMILES string of the molecule is Cc1cc(-c2ccccc2OC[C@@H]2CCCC[C@H]2COc2ccccc2-c2cc(C)cc(-n3c4ccccc4c4ccccc43)c2O)c(O)c(-n2c3ccccc3c3ccccc32)c1.[CH2-][Si](C)(C)CC(CC)CCCC.[CH3-].[Zr+2]. The van der Waals surface area contributed by atoms with Gasteiger partial charge in [0.15, 0.2) is 0 Å². The summed E-state index contributed by atoms with van der Waals surface area (Å²) >= 11 is 0. The van der Waals surface area contributed by atoms with Gasteiger partial charge in [0.25, 0.3) is 0 Å². The topological polar surface area (TPSA) is 68.8 Å². The zero-order valence-corrected chi connectivity index (χ0v) is 50.4. The fourth-order valence-electron chi connectivity index (χ4n) is 12.1. The van der Waals surface area contributed by atoms with Crippen LogP contribution >= 0.6 is 0 Å². The number of phenolic OH excluding ortho intramolecular Hbond substituents is 2. The van der Waals surface area contributed by atoms with Crippen LogP contribution in [0.4, 0.5) is 0 Å². The Bertz CT molecular complexity index is 3310. The summed E-state index contributed by atoms with van der Waals surface area (Å²) < 4.78 is 18.0. The van der Waals surface area contributed by atoms with Gasteiger partial charge >= 0.3 is 26.2 Å². The van der Waals surface area contributed by atoms with E-state index < -0.39 is 8.07 Å². The molecule has 0 spiro atoms. The third kappa shape index (κ3) is 12.3. The Labute approximate surface area is 484 Å². The minimum absolute atomic E-state index is 0. The van der Waals surface area contributed by atoms with Gasteiger partial charge in [-0.15, -0.1) is 0 Å². The molecule has 3 atom stereocenters. The molecule has 8 heteroatoms. The molecular formula is C70H78N2O4SiZr. The Balaban J connectivity index is 0.000000515. The van der Waals surface area contributed by atoms with E-state index in [9.17, 15) is 10.2 Å². The molecule has 400 valence electrons. The smallest absolute Gasteiger partial charge is 0.505 e. The normalized spacial score (nSPS) is 14.9. The summed E-state index contributed by atoms with van der Waals surface area (Å²) in [6.45, 7) is 18.9. The maximum Gasteiger partial charge on any atom is 2.00 e. The van der Waals surface area contributed by atoms with E-state index in [1.54, 1.807) is 0 Å². The van der Waals surface area contributed by atoms with E-state index in [0.717, 1.165) is 131 Å². The van der Waals surface area contributed by atoms with Crippen molar-refractivity contribution in [2.75, 3.05) is 13.2 Å². The largest absolute Gasteiger partial charge is 2.00 e. The molecule has 1 aliphatic rings. The van der Waals surface area contributed by atoms with E-state index in [-0.39, 0.29) is 57.0 Å². The molecule has 0 saturated heterocycles. The number of unbranched alkanes of at least 4 members (excludes halogenated alkanes) is 1. The Kier molecular flexibility index (Phi) is 19.0. The second kappa shape index (κ2) is 25.6. The molecule has 10 aromatic rings. The fraction of sp³-hybridized carbons (Fsp3) is 0.286. The van der Waals surface area contributed by atoms with Gasteiger partial charge < -0.3 is 42.8 Å². The summed E-state index contributed by atoms with van der Waals surface area (Å²) in [5.74, 6) is 3.46. The summed E-state index contributed by atoms with van der Waals surface area (Å²) in [6.07, 6.45) is 9.92. The number of rotatable bonds is 16. The molecule has 78 heavy (non-hydrogen) atoms. The molecule has 1 unspecified atom stereocenters. The summed E-state index contributed by atoms with van der Waals surface area (Å²) in [5, 5.41) is 29.0. The quantitative estimate of drug-likeness (QED) is 0.0747. The van der Waals surface area contributed by atoms with Crippen LogP contribution in [-0.2, 0) is 26.2 Å². The minimum Gasteiger partial charge on any atom is -0.505 e. The fourth-order valence-corrected chi connectivity index (χ4v) is 14.2. The van der Waals surface area contributed by atoms with Crippen LogP contribution in [0, 0.1) is 45.6 Å². The molecule has 11 rings (SSSR count). The van der Waals surface area contributed by atoms with Crippen LogP contribution in [0.3, 0.4) is 0 Å². The van der Waals surface area contributed by atoms with Crippen molar-refractivity contribution in [3.05, 3.63) is 195 Å². The molecule has 2 aromatic heterocycles. The predicted octanol–water partition coefficient (Wildman–Crippen LogP) is 19.2. The number of fused-ring (bicyclic) bond motifs is 6. The van der Waals surface area contributed by atoms with Crippen LogP contribution < -0.4 is 9.47 Å². The van der Waals surface area contributed by atoms with Crippen molar-refractivity contribution >= 4 is 51.7 Å². The first-order chi connectivity index (χ1) is 36.9. The number of aromatic hydroxyl groups is 2. The maximum absolute atomic E-state index is 12.2. The van der Waals surface area contributed by atoms with Gasteiger partial charge in [0, 0.05) is 43.8 Å². The summed E-state index contributed by atoms with van der Waals surface area (Å²) in [7, 11) is -1.04. The van der Waals surface area contributed by atoms with Crippen molar-refractivity contribution in [2.45, 2.75) is 98.2 Å². The Morgan fingerprint density at radius 3 is 1.26 bits per heavy atom. The molecule has 0 bridgehead atoms. The van der Waals surface area contributed by atoms with Gasteiger partial charge in [-0.05, 0) is 116 Å². The van der Waals surface area contributed by atoms with Gasteiger partial charge in [0.1, 0.15) is 23.0 Å². The number of para-hydroxylation sites is 6. The standard InChI is InChI=1S/C58H50N2O4.C11H25Si.CH3.Zr/c1-37-31-47(57(61)53(33-37)59-49-25-11-5-19-41(49)42-20-6-12-26-50(42)59)45-23-9-15-29-55(45)63-35-39-17-3-4-18-40(39)36-64-56-30-16-10-24-46(56)48-32-38(2)34-54(58(48)62)60-51-27-13-7-21-43(51)44-22-8-14-28-52(44)60;1-6-8-9-11(7-2)10-12(3,4)5;;/h5-16,19-34,39-40,61-62H,3-4,17-18,35-36H2,1-2H3;11H,3,6-10H2,1-2,4-5H3;1H3;/q;2*-1;+2/t39-,40-;;;/m0.../s1. The Morgan fingerprint density at radius 1 is 0.538 bits per heavy atom. The van der Waals surface area contributed by atoms with Crippen molar-refractivity contribution in [3.63, 3.8) is 0 Å². The molecular weight excluding hydrogens is 1050 g/mol. The molecule has 1 aliphatic carbocycles. The van der Waals surface area contributed by atoms with Crippen molar-refractivity contribution in [2.24, 2.45) is 17.8 Å². The third-order valence-electron chi connectivity index (χ3n) is 15.8. The van der Waals surface area contributed by atoms with E-state index in [2.05, 4.69) is 178 Å². The van der Waals surface area contributed by atoms with E-state index in [0.29, 0.717) is 13.2 Å². The number of hydrogen-bond donors (Lipinski definition) is 2. The molecule has 2 heterocycles. The third-order valence-corrected chi connectivity index (χ3v) is 17.5. The average Bonchev–Trinajstić information content (AvgIpc) is 4.17. The monoisotopic (exact) mass is 1130 g/mol. The van der Waals surface area contributed by atoms with Crippen LogP contribution in [0.5, 0.6) is 23.0 Å². The number of benzene rings is 8. The molecule has 0 aliphatic heterocycles. The average molecular weight is 1130 g/mol. The van der Waals surface area contributed by atoms with Crippen molar-refractivity contribution < 1.29 is 45.9 Å². The van der Waals surface area contributed by atoms with E-state index in [4.69, 9.17) is 9.47 Å². The molecule has 1 saturated carbocycles. The van der Waals surface area contributed by atoms with Crippen LogP contribution in [0.2, 0.25) is 19.1 Å². The molecule has 0 radical (unpaired) electrons. The second-order valence-corrected chi connectivity index (χ2v) is 27.0. The first-order valence-electron chi connectivity index (χ1n) is 27.9. The first kappa shape index (κ1) is 57.8. The molecule has 1 fully saturated rings. The summed E-state index contributed by atoms with van der Waals surface area (Å²) in [6, 6.07) is 59.3. The Morgan fingerprint density at radius 2 is 0.897 bits per heavy atom. The van der Waals surface area contributed by atoms with Gasteiger partial charge in [-0.3, -0.25) is 0 Å². The van der Waals surface area contributed by atoms with E-state index >= 15 is 0 Å². The summed E-state index contributed by atoms with van der Waals surface area (Å²) in [5.41, 5.74) is 11.0. The van der Waals surface area contributed by atoms with Crippen LogP contribution in [0.15, 0.2) is 170 Å². The van der Waals surface area contributed by atoms with Gasteiger partial charge in [-0.25, -0.2) is 0 Å². The maximum atomic E-state index is 12.2. The second-order valence-electron chi connectivity index (χ2n) is 22.3. The van der Waals surface area contributed by atoms with Crippen molar-refractivity contribution in [1.29, 1.82) is 0 Å². The number of ether oxygens (including phenoxy) is 2. The number of aromatic nitrogens is 2. The van der Waals surface area contributed by atoms with Crippen molar-refractivity contribution in [3.8, 4) is 56.6 Å². The Hall–Kier alpha value is -6.34. The zero-order valence-electron chi connectivity index (χ0n) is 47.0. The van der Waals surface area contributed by atoms with Crippen molar-refractivity contribution in [1.82, 2.24) is 9.13 Å².